The maximum absolute atomic E-state index is 13.6. The second kappa shape index (κ2) is 6.02. The minimum absolute atomic E-state index is 0.0256. The van der Waals surface area contributed by atoms with Crippen molar-refractivity contribution in [2.24, 2.45) is 0 Å². The van der Waals surface area contributed by atoms with Crippen LogP contribution in [-0.2, 0) is 10.5 Å². The normalized spacial score (nSPS) is 10.3. The molecular weight excluding hydrogens is 271 g/mol. The molecular formula is C13H11FO2S2. The van der Waals surface area contributed by atoms with Crippen LogP contribution in [0.5, 0.6) is 0 Å². The van der Waals surface area contributed by atoms with E-state index in [1.807, 2.05) is 17.5 Å². The van der Waals surface area contributed by atoms with Crippen molar-refractivity contribution in [3.05, 3.63) is 52.7 Å². The molecule has 0 bridgehead atoms. The third-order valence-electron chi connectivity index (χ3n) is 2.31. The van der Waals surface area contributed by atoms with Crippen LogP contribution < -0.4 is 0 Å². The first-order valence-electron chi connectivity index (χ1n) is 5.24. The van der Waals surface area contributed by atoms with E-state index in [1.165, 1.54) is 23.5 Å². The molecule has 1 aromatic carbocycles. The van der Waals surface area contributed by atoms with E-state index in [4.69, 9.17) is 0 Å². The molecule has 0 spiro atoms. The second-order valence-corrected chi connectivity index (χ2v) is 5.75. The van der Waals surface area contributed by atoms with Gasteiger partial charge in [0.25, 0.3) is 0 Å². The number of carbonyl (C=O) groups excluding carboxylic acids is 1. The molecule has 1 heterocycles. The van der Waals surface area contributed by atoms with Crippen molar-refractivity contribution in [2.75, 3.05) is 7.11 Å². The SMILES string of the molecule is COC(=O)c1ccc(CSc2cccs2)cc1F. The summed E-state index contributed by atoms with van der Waals surface area (Å²) in [7, 11) is 1.24. The number of methoxy groups -OCH3 is 1. The minimum atomic E-state index is -0.648. The molecule has 0 amide bonds. The van der Waals surface area contributed by atoms with Crippen LogP contribution in [0, 0.1) is 5.82 Å². The molecule has 18 heavy (non-hydrogen) atoms. The first-order valence-corrected chi connectivity index (χ1v) is 7.10. The van der Waals surface area contributed by atoms with Gasteiger partial charge in [-0.15, -0.1) is 23.1 Å². The molecule has 2 nitrogen and oxygen atoms in total. The summed E-state index contributed by atoms with van der Waals surface area (Å²) in [4.78, 5) is 11.2. The van der Waals surface area contributed by atoms with E-state index in [0.717, 1.165) is 5.56 Å². The topological polar surface area (TPSA) is 26.3 Å². The number of esters is 1. The fourth-order valence-corrected chi connectivity index (χ4v) is 3.15. The van der Waals surface area contributed by atoms with Crippen molar-refractivity contribution in [3.63, 3.8) is 0 Å². The number of carbonyl (C=O) groups is 1. The lowest BCUT2D eigenvalue weighted by atomic mass is 10.1. The van der Waals surface area contributed by atoms with Gasteiger partial charge in [0.1, 0.15) is 5.82 Å². The van der Waals surface area contributed by atoms with Crippen molar-refractivity contribution in [1.29, 1.82) is 0 Å². The number of benzene rings is 1. The van der Waals surface area contributed by atoms with E-state index in [1.54, 1.807) is 29.2 Å². The standard InChI is InChI=1S/C13H11FO2S2/c1-16-13(15)10-5-4-9(7-11(10)14)8-18-12-3-2-6-17-12/h2-7H,8H2,1H3. The van der Waals surface area contributed by atoms with Crippen LogP contribution in [-0.4, -0.2) is 13.1 Å². The van der Waals surface area contributed by atoms with Gasteiger partial charge in [0.2, 0.25) is 0 Å². The number of halogens is 1. The highest BCUT2D eigenvalue weighted by atomic mass is 32.2. The Bertz CT molecular complexity index is 538. The Morgan fingerprint density at radius 1 is 1.44 bits per heavy atom. The molecule has 0 radical (unpaired) electrons. The average molecular weight is 282 g/mol. The van der Waals surface area contributed by atoms with Crippen LogP contribution >= 0.6 is 23.1 Å². The molecule has 0 atom stereocenters. The summed E-state index contributed by atoms with van der Waals surface area (Å²) < 4.78 is 19.3. The van der Waals surface area contributed by atoms with Gasteiger partial charge in [-0.25, -0.2) is 9.18 Å². The molecule has 0 saturated carbocycles. The van der Waals surface area contributed by atoms with Crippen LogP contribution in [0.3, 0.4) is 0 Å². The summed E-state index contributed by atoms with van der Waals surface area (Å²) in [6.45, 7) is 0. The number of thiophene rings is 1. The van der Waals surface area contributed by atoms with Gasteiger partial charge in [0.05, 0.1) is 16.9 Å². The highest BCUT2D eigenvalue weighted by Gasteiger charge is 2.12. The fourth-order valence-electron chi connectivity index (χ4n) is 1.42. The van der Waals surface area contributed by atoms with Crippen molar-refractivity contribution >= 4 is 29.1 Å². The van der Waals surface area contributed by atoms with Crippen LogP contribution in [0.25, 0.3) is 0 Å². The number of hydrogen-bond acceptors (Lipinski definition) is 4. The summed E-state index contributed by atoms with van der Waals surface area (Å²) in [6.07, 6.45) is 0. The first-order chi connectivity index (χ1) is 8.70. The zero-order chi connectivity index (χ0) is 13.0. The zero-order valence-corrected chi connectivity index (χ0v) is 11.3. The van der Waals surface area contributed by atoms with Gasteiger partial charge < -0.3 is 4.74 Å². The highest BCUT2D eigenvalue weighted by molar-refractivity contribution is 8.00. The molecule has 94 valence electrons. The molecule has 0 aliphatic heterocycles. The molecule has 0 N–H and O–H groups in total. The quantitative estimate of drug-likeness (QED) is 0.627. The lowest BCUT2D eigenvalue weighted by Gasteiger charge is -2.04. The second-order valence-electron chi connectivity index (χ2n) is 3.53. The summed E-state index contributed by atoms with van der Waals surface area (Å²) in [5.41, 5.74) is 0.820. The minimum Gasteiger partial charge on any atom is -0.465 e. The van der Waals surface area contributed by atoms with Crippen molar-refractivity contribution in [1.82, 2.24) is 0 Å². The van der Waals surface area contributed by atoms with E-state index in [2.05, 4.69) is 4.74 Å². The van der Waals surface area contributed by atoms with E-state index in [9.17, 15) is 9.18 Å². The van der Waals surface area contributed by atoms with E-state index >= 15 is 0 Å². The van der Waals surface area contributed by atoms with Crippen LogP contribution in [0.1, 0.15) is 15.9 Å². The number of hydrogen-bond donors (Lipinski definition) is 0. The Balaban J connectivity index is 2.07. The predicted molar refractivity (Wildman–Crippen MR) is 71.6 cm³/mol. The highest BCUT2D eigenvalue weighted by Crippen LogP contribution is 2.27. The Hall–Kier alpha value is -1.33. The lowest BCUT2D eigenvalue weighted by molar-refractivity contribution is 0.0595. The first kappa shape index (κ1) is 13.1. The third kappa shape index (κ3) is 3.11. The van der Waals surface area contributed by atoms with Gasteiger partial charge in [-0.05, 0) is 29.1 Å². The van der Waals surface area contributed by atoms with E-state index < -0.39 is 11.8 Å². The van der Waals surface area contributed by atoms with Crippen LogP contribution in [0.2, 0.25) is 0 Å². The maximum Gasteiger partial charge on any atom is 0.340 e. The van der Waals surface area contributed by atoms with Crippen LogP contribution in [0.15, 0.2) is 39.9 Å². The number of thioether (sulfide) groups is 1. The van der Waals surface area contributed by atoms with Crippen molar-refractivity contribution < 1.29 is 13.9 Å². The predicted octanol–water partition coefficient (Wildman–Crippen LogP) is 3.97. The lowest BCUT2D eigenvalue weighted by Crippen LogP contribution is -2.04. The Morgan fingerprint density at radius 2 is 2.28 bits per heavy atom. The molecule has 0 saturated heterocycles. The van der Waals surface area contributed by atoms with Gasteiger partial charge >= 0.3 is 5.97 Å². The van der Waals surface area contributed by atoms with E-state index in [-0.39, 0.29) is 5.56 Å². The zero-order valence-electron chi connectivity index (χ0n) is 9.68. The molecule has 5 heteroatoms. The molecule has 0 fully saturated rings. The largest absolute Gasteiger partial charge is 0.465 e. The number of ether oxygens (including phenoxy) is 1. The smallest absolute Gasteiger partial charge is 0.340 e. The van der Waals surface area contributed by atoms with Crippen LogP contribution in [0.4, 0.5) is 4.39 Å². The molecule has 2 rings (SSSR count). The molecule has 2 aromatic rings. The molecule has 0 unspecified atom stereocenters. The maximum atomic E-state index is 13.6. The Kier molecular flexibility index (Phi) is 4.38. The van der Waals surface area contributed by atoms with Gasteiger partial charge in [-0.3, -0.25) is 0 Å². The molecule has 0 aliphatic carbocycles. The van der Waals surface area contributed by atoms with Gasteiger partial charge in [0, 0.05) is 5.75 Å². The van der Waals surface area contributed by atoms with Crippen molar-refractivity contribution in [2.45, 2.75) is 9.96 Å². The molecule has 0 aliphatic rings. The summed E-state index contributed by atoms with van der Waals surface area (Å²) >= 11 is 3.30. The van der Waals surface area contributed by atoms with Gasteiger partial charge in [-0.1, -0.05) is 12.1 Å². The summed E-state index contributed by atoms with van der Waals surface area (Å²) in [5, 5.41) is 2.00. The summed E-state index contributed by atoms with van der Waals surface area (Å²) in [6, 6.07) is 8.59. The fraction of sp³-hybridized carbons (Fsp3) is 0.154. The van der Waals surface area contributed by atoms with E-state index in [0.29, 0.717) is 5.75 Å². The Morgan fingerprint density at radius 3 is 2.89 bits per heavy atom. The van der Waals surface area contributed by atoms with Crippen molar-refractivity contribution in [3.8, 4) is 0 Å². The van der Waals surface area contributed by atoms with Gasteiger partial charge in [-0.2, -0.15) is 0 Å². The monoisotopic (exact) mass is 282 g/mol. The number of rotatable bonds is 4. The molecule has 1 aromatic heterocycles. The Labute approximate surface area is 113 Å². The van der Waals surface area contributed by atoms with Gasteiger partial charge in [0.15, 0.2) is 0 Å². The summed E-state index contributed by atoms with van der Waals surface area (Å²) in [5.74, 6) is -0.505. The third-order valence-corrected chi connectivity index (χ3v) is 4.52. The average Bonchev–Trinajstić information content (AvgIpc) is 2.88.